The third kappa shape index (κ3) is 4.86. The molecule has 0 saturated carbocycles. The summed E-state index contributed by atoms with van der Waals surface area (Å²) in [7, 11) is -0.742. The van der Waals surface area contributed by atoms with E-state index in [1.54, 1.807) is 55.5 Å². The van der Waals surface area contributed by atoms with E-state index in [4.69, 9.17) is 5.14 Å². The highest BCUT2D eigenvalue weighted by Gasteiger charge is 2.17. The van der Waals surface area contributed by atoms with Gasteiger partial charge in [0.25, 0.3) is 0 Å². The molecule has 0 unspecified atom stereocenters. The Kier molecular flexibility index (Phi) is 5.27. The lowest BCUT2D eigenvalue weighted by molar-refractivity contribution is 0.103. The summed E-state index contributed by atoms with van der Waals surface area (Å²) in [6, 6.07) is 12.4. The van der Waals surface area contributed by atoms with Crippen LogP contribution in [-0.2, 0) is 10.3 Å². The molecule has 2 N–H and O–H groups in total. The molecule has 0 amide bonds. The fourth-order valence-corrected chi connectivity index (χ4v) is 2.22. The summed E-state index contributed by atoms with van der Waals surface area (Å²) in [6.45, 7) is 0. The zero-order valence-electron chi connectivity index (χ0n) is 13.1. The Labute approximate surface area is 139 Å². The smallest absolute Gasteiger partial charge is 0.370 e. The Bertz CT molecular complexity index is 861. The molecular formula is C15H16N4O4S. The van der Waals surface area contributed by atoms with E-state index in [2.05, 4.69) is 14.5 Å². The zero-order valence-corrected chi connectivity index (χ0v) is 13.9. The average molecular weight is 348 g/mol. The number of hydrogen-bond acceptors (Lipinski definition) is 6. The molecule has 24 heavy (non-hydrogen) atoms. The van der Waals surface area contributed by atoms with Crippen molar-refractivity contribution in [1.82, 2.24) is 5.01 Å². The lowest BCUT2D eigenvalue weighted by Gasteiger charge is -2.08. The molecule has 0 heterocycles. The number of para-hydroxylation sites is 1. The lowest BCUT2D eigenvalue weighted by Crippen LogP contribution is -2.20. The van der Waals surface area contributed by atoms with E-state index in [0.717, 1.165) is 0 Å². The van der Waals surface area contributed by atoms with Crippen LogP contribution in [0.4, 0.5) is 5.69 Å². The van der Waals surface area contributed by atoms with Crippen molar-refractivity contribution in [2.75, 3.05) is 14.1 Å². The van der Waals surface area contributed by atoms with Gasteiger partial charge in [0.05, 0.1) is 11.3 Å². The van der Waals surface area contributed by atoms with Crippen LogP contribution < -0.4 is 9.32 Å². The molecule has 0 aromatic heterocycles. The van der Waals surface area contributed by atoms with Crippen molar-refractivity contribution in [3.8, 4) is 5.75 Å². The van der Waals surface area contributed by atoms with Crippen LogP contribution in [0.2, 0.25) is 0 Å². The van der Waals surface area contributed by atoms with Crippen LogP contribution in [-0.4, -0.2) is 33.3 Å². The number of carbonyl (C=O) groups is 1. The Balaban J connectivity index is 2.29. The van der Waals surface area contributed by atoms with Gasteiger partial charge in [-0.05, 0) is 36.4 Å². The van der Waals surface area contributed by atoms with E-state index in [9.17, 15) is 13.2 Å². The topological polar surface area (TPSA) is 114 Å². The summed E-state index contributed by atoms with van der Waals surface area (Å²) in [5, 5.41) is 14.2. The number of benzene rings is 2. The van der Waals surface area contributed by atoms with Gasteiger partial charge in [-0.15, -0.1) is 5.11 Å². The van der Waals surface area contributed by atoms with Gasteiger partial charge in [-0.1, -0.05) is 17.4 Å². The standard InChI is InChI=1S/C15H16N4O4S/c1-19(2)18-17-12-9-7-11(8-10-12)15(20)13-5-3-4-6-14(13)23-24(16,21)22/h3-10H,1-2H3,(H2,16,21,22). The largest absolute Gasteiger partial charge is 0.380 e. The SMILES string of the molecule is CN(C)N=Nc1ccc(C(=O)c2ccccc2OS(N)(=O)=O)cc1. The first-order valence-corrected chi connectivity index (χ1v) is 8.28. The van der Waals surface area contributed by atoms with Gasteiger partial charge in [0.1, 0.15) is 0 Å². The molecule has 126 valence electrons. The second-order valence-corrected chi connectivity index (χ2v) is 6.14. The molecule has 0 spiro atoms. The summed E-state index contributed by atoms with van der Waals surface area (Å²) in [5.74, 6) is -0.522. The van der Waals surface area contributed by atoms with Crippen LogP contribution in [0.15, 0.2) is 58.9 Å². The fourth-order valence-electron chi connectivity index (χ4n) is 1.83. The van der Waals surface area contributed by atoms with Crippen molar-refractivity contribution >= 4 is 21.8 Å². The molecule has 9 heteroatoms. The first-order valence-electron chi connectivity index (χ1n) is 6.81. The van der Waals surface area contributed by atoms with Crippen LogP contribution in [0.25, 0.3) is 0 Å². The summed E-state index contributed by atoms with van der Waals surface area (Å²) in [6.07, 6.45) is 0. The lowest BCUT2D eigenvalue weighted by atomic mass is 10.0. The Morgan fingerprint density at radius 1 is 1.08 bits per heavy atom. The third-order valence-electron chi connectivity index (χ3n) is 2.81. The number of ketones is 1. The van der Waals surface area contributed by atoms with Crippen LogP contribution in [0.5, 0.6) is 5.75 Å². The van der Waals surface area contributed by atoms with E-state index in [0.29, 0.717) is 11.3 Å². The van der Waals surface area contributed by atoms with Gasteiger partial charge >= 0.3 is 10.3 Å². The minimum Gasteiger partial charge on any atom is -0.370 e. The molecule has 0 radical (unpaired) electrons. The first-order chi connectivity index (χ1) is 11.3. The van der Waals surface area contributed by atoms with E-state index < -0.39 is 16.1 Å². The van der Waals surface area contributed by atoms with Crippen LogP contribution in [0, 0.1) is 0 Å². The molecule has 0 fully saturated rings. The molecule has 0 aliphatic carbocycles. The van der Waals surface area contributed by atoms with Gasteiger partial charge in [-0.2, -0.15) is 13.6 Å². The molecule has 8 nitrogen and oxygen atoms in total. The van der Waals surface area contributed by atoms with E-state index >= 15 is 0 Å². The molecule has 0 aliphatic rings. The molecule has 0 aliphatic heterocycles. The normalized spacial score (nSPS) is 11.5. The zero-order chi connectivity index (χ0) is 17.7. The quantitative estimate of drug-likeness (QED) is 0.487. The molecule has 2 aromatic carbocycles. The van der Waals surface area contributed by atoms with E-state index in [-0.39, 0.29) is 11.3 Å². The van der Waals surface area contributed by atoms with Gasteiger partial charge in [-0.25, -0.2) is 0 Å². The average Bonchev–Trinajstić information content (AvgIpc) is 2.52. The van der Waals surface area contributed by atoms with Crippen molar-refractivity contribution in [2.45, 2.75) is 0 Å². The molecule has 2 rings (SSSR count). The van der Waals surface area contributed by atoms with Crippen molar-refractivity contribution in [1.29, 1.82) is 0 Å². The maximum Gasteiger partial charge on any atom is 0.380 e. The maximum atomic E-state index is 12.6. The first kappa shape index (κ1) is 17.6. The highest BCUT2D eigenvalue weighted by atomic mass is 32.2. The van der Waals surface area contributed by atoms with Crippen LogP contribution in [0.3, 0.4) is 0 Å². The number of carbonyl (C=O) groups excluding carboxylic acids is 1. The van der Waals surface area contributed by atoms with Crippen molar-refractivity contribution in [3.05, 3.63) is 59.7 Å². The Morgan fingerprint density at radius 3 is 2.29 bits per heavy atom. The monoisotopic (exact) mass is 348 g/mol. The number of nitrogens with zero attached hydrogens (tertiary/aromatic N) is 3. The van der Waals surface area contributed by atoms with E-state index in [1.807, 2.05) is 0 Å². The van der Waals surface area contributed by atoms with Gasteiger partial charge < -0.3 is 4.18 Å². The molecule has 0 atom stereocenters. The number of rotatable bonds is 6. The summed E-state index contributed by atoms with van der Waals surface area (Å²) >= 11 is 0. The molecular weight excluding hydrogens is 332 g/mol. The fraction of sp³-hybridized carbons (Fsp3) is 0.133. The van der Waals surface area contributed by atoms with Gasteiger partial charge in [0.2, 0.25) is 0 Å². The predicted octanol–water partition coefficient (Wildman–Crippen LogP) is 2.06. The highest BCUT2D eigenvalue weighted by Crippen LogP contribution is 2.23. The van der Waals surface area contributed by atoms with Gasteiger partial charge in [-0.3, -0.25) is 9.80 Å². The van der Waals surface area contributed by atoms with Crippen molar-refractivity contribution in [3.63, 3.8) is 0 Å². The minimum atomic E-state index is -4.22. The van der Waals surface area contributed by atoms with Gasteiger partial charge in [0, 0.05) is 19.7 Å². The second-order valence-electron chi connectivity index (χ2n) is 4.98. The number of hydrogen-bond donors (Lipinski definition) is 1. The predicted molar refractivity (Wildman–Crippen MR) is 88.3 cm³/mol. The summed E-state index contributed by atoms with van der Waals surface area (Å²) in [5.41, 5.74) is 1.02. The van der Waals surface area contributed by atoms with Crippen LogP contribution >= 0.6 is 0 Å². The van der Waals surface area contributed by atoms with E-state index in [1.165, 1.54) is 12.1 Å². The number of nitrogens with two attached hydrogens (primary N) is 1. The Hall–Kier alpha value is -2.78. The van der Waals surface area contributed by atoms with Crippen molar-refractivity contribution < 1.29 is 17.4 Å². The van der Waals surface area contributed by atoms with Gasteiger partial charge in [0.15, 0.2) is 11.5 Å². The molecule has 2 aromatic rings. The molecule has 0 saturated heterocycles. The minimum absolute atomic E-state index is 0.0918. The maximum absolute atomic E-state index is 12.6. The second kappa shape index (κ2) is 7.20. The molecule has 0 bridgehead atoms. The highest BCUT2D eigenvalue weighted by molar-refractivity contribution is 7.84. The summed E-state index contributed by atoms with van der Waals surface area (Å²) < 4.78 is 26.9. The third-order valence-corrected chi connectivity index (χ3v) is 3.22. The van der Waals surface area contributed by atoms with Crippen LogP contribution in [0.1, 0.15) is 15.9 Å². The van der Waals surface area contributed by atoms with Crippen molar-refractivity contribution in [2.24, 2.45) is 15.5 Å². The summed E-state index contributed by atoms with van der Waals surface area (Å²) in [4.78, 5) is 12.6. The Morgan fingerprint density at radius 2 is 1.71 bits per heavy atom.